The molecule has 6 heteroatoms. The lowest BCUT2D eigenvalue weighted by atomic mass is 10.1. The highest BCUT2D eigenvalue weighted by atomic mass is 16.7. The predicted molar refractivity (Wildman–Crippen MR) is 119 cm³/mol. The number of benzene rings is 2. The quantitative estimate of drug-likeness (QED) is 0.433. The van der Waals surface area contributed by atoms with Crippen molar-refractivity contribution in [3.05, 3.63) is 71.9 Å². The van der Waals surface area contributed by atoms with Crippen molar-refractivity contribution in [2.75, 3.05) is 0 Å². The molecule has 6 nitrogen and oxygen atoms in total. The number of hydrogen-bond acceptors (Lipinski definition) is 6. The fourth-order valence-electron chi connectivity index (χ4n) is 4.19. The molecule has 2 aliphatic rings. The molecule has 0 aromatic heterocycles. The zero-order valence-electron chi connectivity index (χ0n) is 18.4. The highest BCUT2D eigenvalue weighted by Crippen LogP contribution is 2.58. The second-order valence-corrected chi connectivity index (χ2v) is 8.83. The second kappa shape index (κ2) is 9.46. The van der Waals surface area contributed by atoms with Gasteiger partial charge in [-0.05, 0) is 42.7 Å². The van der Waals surface area contributed by atoms with E-state index in [1.807, 2.05) is 44.2 Å². The van der Waals surface area contributed by atoms with Crippen LogP contribution < -0.4 is 10.2 Å². The maximum atomic E-state index is 12.9. The topological polar surface area (TPSA) is 80.6 Å². The second-order valence-electron chi connectivity index (χ2n) is 8.83. The number of nitrogens with one attached hydrogen (secondary N) is 1. The number of ether oxygens (including phenoxy) is 2. The van der Waals surface area contributed by atoms with Gasteiger partial charge in [-0.2, -0.15) is 5.26 Å². The van der Waals surface area contributed by atoms with Crippen LogP contribution in [0.5, 0.6) is 11.5 Å². The molecule has 0 bridgehead atoms. The number of carbonyl (C=O) groups is 1. The number of hydrogen-bond donors (Lipinski definition) is 1. The van der Waals surface area contributed by atoms with Gasteiger partial charge in [0.15, 0.2) is 0 Å². The van der Waals surface area contributed by atoms with E-state index in [0.29, 0.717) is 17.1 Å². The number of rotatable bonds is 8. The molecule has 0 radical (unpaired) electrons. The normalized spacial score (nSPS) is 21.5. The van der Waals surface area contributed by atoms with Gasteiger partial charge in [-0.3, -0.25) is 15.1 Å². The van der Waals surface area contributed by atoms with Crippen LogP contribution >= 0.6 is 0 Å². The molecule has 2 unspecified atom stereocenters. The Hall–Kier alpha value is -3.30. The van der Waals surface area contributed by atoms with E-state index in [9.17, 15) is 10.1 Å². The SMILES string of the molecule is CC1(C)C(=CNOC2CCCC2)C1C(=O)OC(C#N)c1cccc(Oc2ccccc2)c1. The summed E-state index contributed by atoms with van der Waals surface area (Å²) in [5.41, 5.74) is 4.06. The summed E-state index contributed by atoms with van der Waals surface area (Å²) in [6, 6.07) is 18.5. The summed E-state index contributed by atoms with van der Waals surface area (Å²) in [5, 5.41) is 9.65. The van der Waals surface area contributed by atoms with E-state index in [-0.39, 0.29) is 11.5 Å². The van der Waals surface area contributed by atoms with Crippen molar-refractivity contribution in [2.45, 2.75) is 51.7 Å². The summed E-state index contributed by atoms with van der Waals surface area (Å²) >= 11 is 0. The van der Waals surface area contributed by atoms with Crippen LogP contribution in [0.25, 0.3) is 0 Å². The van der Waals surface area contributed by atoms with Crippen molar-refractivity contribution in [2.24, 2.45) is 11.3 Å². The van der Waals surface area contributed by atoms with Crippen LogP contribution in [0.2, 0.25) is 0 Å². The minimum Gasteiger partial charge on any atom is -0.457 e. The van der Waals surface area contributed by atoms with Crippen LogP contribution in [0.1, 0.15) is 51.2 Å². The van der Waals surface area contributed by atoms with Gasteiger partial charge < -0.3 is 9.47 Å². The summed E-state index contributed by atoms with van der Waals surface area (Å²) in [6.07, 6.45) is 5.48. The van der Waals surface area contributed by atoms with Crippen molar-refractivity contribution >= 4 is 5.97 Å². The molecule has 0 heterocycles. The Labute approximate surface area is 188 Å². The lowest BCUT2D eigenvalue weighted by molar-refractivity contribution is -0.149. The third-order valence-electron chi connectivity index (χ3n) is 6.17. The van der Waals surface area contributed by atoms with E-state index in [2.05, 4.69) is 11.5 Å². The van der Waals surface area contributed by atoms with Crippen LogP contribution in [-0.2, 0) is 14.4 Å². The standard InChI is InChI=1S/C26H28N2O4/c1-26(2)22(17-28-32-20-12-6-7-13-20)24(26)25(29)31-23(16-27)18-9-8-14-21(15-18)30-19-10-4-3-5-11-19/h3-5,8-11,14-15,17,20,23-24,28H,6-7,12-13H2,1-2H3. The molecule has 2 saturated carbocycles. The molecule has 2 fully saturated rings. The van der Waals surface area contributed by atoms with E-state index in [4.69, 9.17) is 14.3 Å². The summed E-state index contributed by atoms with van der Waals surface area (Å²) in [7, 11) is 0. The Morgan fingerprint density at radius 3 is 2.56 bits per heavy atom. The Bertz CT molecular complexity index is 1020. The van der Waals surface area contributed by atoms with Gasteiger partial charge in [-0.25, -0.2) is 0 Å². The monoisotopic (exact) mass is 432 g/mol. The first-order valence-electron chi connectivity index (χ1n) is 11.0. The Balaban J connectivity index is 1.38. The maximum absolute atomic E-state index is 12.9. The molecule has 2 aromatic rings. The molecule has 4 rings (SSSR count). The van der Waals surface area contributed by atoms with Gasteiger partial charge in [-0.15, -0.1) is 0 Å². The molecule has 2 aromatic carbocycles. The van der Waals surface area contributed by atoms with E-state index < -0.39 is 18.0 Å². The van der Waals surface area contributed by atoms with Gasteiger partial charge in [0.25, 0.3) is 0 Å². The van der Waals surface area contributed by atoms with E-state index in [1.54, 1.807) is 30.5 Å². The predicted octanol–water partition coefficient (Wildman–Crippen LogP) is 5.59. The van der Waals surface area contributed by atoms with Crippen molar-refractivity contribution < 1.29 is 19.1 Å². The van der Waals surface area contributed by atoms with Crippen LogP contribution in [-0.4, -0.2) is 12.1 Å². The fraction of sp³-hybridized carbons (Fsp3) is 0.385. The lowest BCUT2D eigenvalue weighted by Crippen LogP contribution is -2.17. The molecule has 32 heavy (non-hydrogen) atoms. The van der Waals surface area contributed by atoms with Crippen molar-refractivity contribution in [1.82, 2.24) is 5.48 Å². The molecule has 0 spiro atoms. The number of carbonyl (C=O) groups excluding carboxylic acids is 1. The van der Waals surface area contributed by atoms with E-state index in [1.165, 1.54) is 12.8 Å². The van der Waals surface area contributed by atoms with Crippen LogP contribution in [0.3, 0.4) is 0 Å². The molecule has 166 valence electrons. The van der Waals surface area contributed by atoms with Crippen molar-refractivity contribution in [3.63, 3.8) is 0 Å². The first-order chi connectivity index (χ1) is 15.5. The van der Waals surface area contributed by atoms with Crippen molar-refractivity contribution in [3.8, 4) is 17.6 Å². The largest absolute Gasteiger partial charge is 0.457 e. The number of esters is 1. The first kappa shape index (κ1) is 21.9. The minimum absolute atomic E-state index is 0.229. The number of nitriles is 1. The number of nitrogens with zero attached hydrogens (tertiary/aromatic N) is 1. The highest BCUT2D eigenvalue weighted by Gasteiger charge is 2.58. The molecule has 2 atom stereocenters. The van der Waals surface area contributed by atoms with Gasteiger partial charge >= 0.3 is 5.97 Å². The summed E-state index contributed by atoms with van der Waals surface area (Å²) in [4.78, 5) is 18.5. The Kier molecular flexibility index (Phi) is 6.48. The first-order valence-corrected chi connectivity index (χ1v) is 11.0. The highest BCUT2D eigenvalue weighted by molar-refractivity contribution is 5.84. The third kappa shape index (κ3) is 4.95. The van der Waals surface area contributed by atoms with Gasteiger partial charge in [0.05, 0.1) is 12.0 Å². The summed E-state index contributed by atoms with van der Waals surface area (Å²) in [5.74, 6) is 0.453. The lowest BCUT2D eigenvalue weighted by Gasteiger charge is -2.13. The smallest absolute Gasteiger partial charge is 0.315 e. The summed E-state index contributed by atoms with van der Waals surface area (Å²) in [6.45, 7) is 3.97. The fourth-order valence-corrected chi connectivity index (χ4v) is 4.19. The van der Waals surface area contributed by atoms with Crippen LogP contribution in [0.4, 0.5) is 0 Å². The van der Waals surface area contributed by atoms with Crippen molar-refractivity contribution in [1.29, 1.82) is 5.26 Å². The van der Waals surface area contributed by atoms with E-state index in [0.717, 1.165) is 18.4 Å². The Morgan fingerprint density at radius 2 is 1.84 bits per heavy atom. The molecular weight excluding hydrogens is 404 g/mol. The minimum atomic E-state index is -1.01. The van der Waals surface area contributed by atoms with Gasteiger partial charge in [0.1, 0.15) is 17.6 Å². The molecule has 0 aliphatic heterocycles. The van der Waals surface area contributed by atoms with Crippen LogP contribution in [0, 0.1) is 22.7 Å². The van der Waals surface area contributed by atoms with Gasteiger partial charge in [0.2, 0.25) is 6.10 Å². The number of para-hydroxylation sites is 1. The van der Waals surface area contributed by atoms with Gasteiger partial charge in [-0.1, -0.05) is 57.0 Å². The third-order valence-corrected chi connectivity index (χ3v) is 6.17. The molecule has 0 amide bonds. The number of hydroxylamine groups is 1. The maximum Gasteiger partial charge on any atom is 0.315 e. The molecule has 2 aliphatic carbocycles. The van der Waals surface area contributed by atoms with Crippen LogP contribution in [0.15, 0.2) is 66.4 Å². The molecule has 1 N–H and O–H groups in total. The van der Waals surface area contributed by atoms with Gasteiger partial charge in [0, 0.05) is 17.2 Å². The zero-order chi connectivity index (χ0) is 22.6. The summed E-state index contributed by atoms with van der Waals surface area (Å²) < 4.78 is 11.4. The molecule has 0 saturated heterocycles. The average molecular weight is 433 g/mol. The average Bonchev–Trinajstić information content (AvgIpc) is 3.11. The molecular formula is C26H28N2O4. The Morgan fingerprint density at radius 1 is 1.12 bits per heavy atom. The zero-order valence-corrected chi connectivity index (χ0v) is 18.4. The van der Waals surface area contributed by atoms with E-state index >= 15 is 0 Å².